The maximum Gasteiger partial charge on any atom is 0.290 e. The first kappa shape index (κ1) is 19.2. The van der Waals surface area contributed by atoms with Crippen LogP contribution in [0, 0.1) is 13.8 Å². The number of aliphatic hydroxyl groups excluding tert-OH is 1. The number of aryl methyl sites for hydroxylation is 2. The monoisotopic (exact) mass is 393 g/mol. The Labute approximate surface area is 168 Å². The molecule has 6 heteroatoms. The molecule has 2 heterocycles. The molecule has 0 saturated heterocycles. The largest absolute Gasteiger partial charge is 0.497 e. The number of hydrogen-bond donors (Lipinski definition) is 1. The average molecular weight is 393 g/mol. The van der Waals surface area contributed by atoms with Crippen LogP contribution >= 0.6 is 0 Å². The Balaban J connectivity index is 1.97. The summed E-state index contributed by atoms with van der Waals surface area (Å²) in [7, 11) is 1.59. The molecule has 1 unspecified atom stereocenters. The Kier molecular flexibility index (Phi) is 4.88. The summed E-state index contributed by atoms with van der Waals surface area (Å²) in [5, 5.41) is 9.77. The van der Waals surface area contributed by atoms with Crippen LogP contribution in [0.15, 0.2) is 45.6 Å². The number of hydrogen-bond acceptors (Lipinski definition) is 5. The van der Waals surface area contributed by atoms with E-state index in [1.165, 1.54) is 0 Å². The first-order chi connectivity index (χ1) is 14.0. The molecule has 1 aliphatic rings. The van der Waals surface area contributed by atoms with Crippen molar-refractivity contribution in [1.82, 2.24) is 4.90 Å². The number of methoxy groups -OCH3 is 1. The number of amides is 1. The molecular weight excluding hydrogens is 370 g/mol. The molecular formula is C23H23NO5. The van der Waals surface area contributed by atoms with Crippen LogP contribution in [0.4, 0.5) is 0 Å². The van der Waals surface area contributed by atoms with Crippen LogP contribution in [-0.4, -0.2) is 36.2 Å². The zero-order valence-electron chi connectivity index (χ0n) is 16.7. The van der Waals surface area contributed by atoms with Crippen LogP contribution in [-0.2, 0) is 0 Å². The van der Waals surface area contributed by atoms with Crippen molar-refractivity contribution in [2.75, 3.05) is 20.3 Å². The van der Waals surface area contributed by atoms with Crippen LogP contribution in [0.3, 0.4) is 0 Å². The minimum Gasteiger partial charge on any atom is -0.497 e. The lowest BCUT2D eigenvalue weighted by Crippen LogP contribution is -2.31. The number of ether oxygens (including phenoxy) is 1. The van der Waals surface area contributed by atoms with Gasteiger partial charge >= 0.3 is 0 Å². The number of fused-ring (bicyclic) bond motifs is 2. The van der Waals surface area contributed by atoms with Crippen molar-refractivity contribution in [2.24, 2.45) is 0 Å². The Hall–Kier alpha value is -3.12. The van der Waals surface area contributed by atoms with E-state index in [1.807, 2.05) is 32.0 Å². The van der Waals surface area contributed by atoms with E-state index in [0.717, 1.165) is 16.7 Å². The predicted octanol–water partition coefficient (Wildman–Crippen LogP) is 3.35. The molecule has 1 atom stereocenters. The highest BCUT2D eigenvalue weighted by Gasteiger charge is 2.42. The van der Waals surface area contributed by atoms with Crippen molar-refractivity contribution in [3.8, 4) is 5.75 Å². The zero-order chi connectivity index (χ0) is 20.7. The number of rotatable bonds is 5. The van der Waals surface area contributed by atoms with Gasteiger partial charge in [-0.25, -0.2) is 0 Å². The van der Waals surface area contributed by atoms with E-state index in [2.05, 4.69) is 0 Å². The number of benzene rings is 2. The van der Waals surface area contributed by atoms with Crippen molar-refractivity contribution >= 4 is 16.9 Å². The normalized spacial score (nSPS) is 15.8. The lowest BCUT2D eigenvalue weighted by Gasteiger charge is -2.25. The molecule has 1 amide bonds. The summed E-state index contributed by atoms with van der Waals surface area (Å²) in [6.07, 6.45) is 0.415. The highest BCUT2D eigenvalue weighted by Crippen LogP contribution is 2.39. The third-order valence-corrected chi connectivity index (χ3v) is 5.39. The highest BCUT2D eigenvalue weighted by atomic mass is 16.5. The lowest BCUT2D eigenvalue weighted by molar-refractivity contribution is 0.0716. The van der Waals surface area contributed by atoms with Gasteiger partial charge in [0.2, 0.25) is 5.76 Å². The van der Waals surface area contributed by atoms with Gasteiger partial charge in [0.1, 0.15) is 11.3 Å². The summed E-state index contributed by atoms with van der Waals surface area (Å²) in [5.41, 5.74) is 3.20. The van der Waals surface area contributed by atoms with E-state index in [4.69, 9.17) is 9.15 Å². The Morgan fingerprint density at radius 1 is 1.14 bits per heavy atom. The summed E-state index contributed by atoms with van der Waals surface area (Å²) in [4.78, 5) is 28.3. The third kappa shape index (κ3) is 3.09. The van der Waals surface area contributed by atoms with Gasteiger partial charge in [-0.3, -0.25) is 9.59 Å². The smallest absolute Gasteiger partial charge is 0.290 e. The Morgan fingerprint density at radius 2 is 1.86 bits per heavy atom. The molecule has 2 aromatic carbocycles. The summed E-state index contributed by atoms with van der Waals surface area (Å²) in [6, 6.07) is 10.5. The number of nitrogens with zero attached hydrogens (tertiary/aromatic N) is 1. The molecule has 0 radical (unpaired) electrons. The second-order valence-corrected chi connectivity index (χ2v) is 7.38. The van der Waals surface area contributed by atoms with Gasteiger partial charge in [-0.05, 0) is 55.2 Å². The zero-order valence-corrected chi connectivity index (χ0v) is 16.7. The summed E-state index contributed by atoms with van der Waals surface area (Å²) in [5.74, 6) is 0.457. The lowest BCUT2D eigenvalue weighted by atomic mass is 9.97. The standard InChI is InChI=1S/C23H23NO5/c1-13-11-14(2)21-17(12-13)20(26)18-19(15-5-7-16(28-3)8-6-15)24(9-4-10-25)23(27)22(18)29-21/h5-8,11-12,19,25H,4,9-10H2,1-3H3. The van der Waals surface area contributed by atoms with Gasteiger partial charge < -0.3 is 19.2 Å². The minimum absolute atomic E-state index is 0.0445. The molecule has 150 valence electrons. The fourth-order valence-corrected chi connectivity index (χ4v) is 4.08. The van der Waals surface area contributed by atoms with Gasteiger partial charge in [0.05, 0.1) is 24.1 Å². The van der Waals surface area contributed by atoms with Gasteiger partial charge in [-0.2, -0.15) is 0 Å². The SMILES string of the molecule is COc1ccc(C2c3c(oc4c(C)cc(C)cc4c3=O)C(=O)N2CCCO)cc1. The van der Waals surface area contributed by atoms with Crippen molar-refractivity contribution in [3.63, 3.8) is 0 Å². The van der Waals surface area contributed by atoms with Crippen LogP contribution in [0.1, 0.15) is 45.3 Å². The van der Waals surface area contributed by atoms with E-state index in [-0.39, 0.29) is 23.7 Å². The maximum atomic E-state index is 13.5. The first-order valence-corrected chi connectivity index (χ1v) is 9.60. The van der Waals surface area contributed by atoms with Gasteiger partial charge in [0.15, 0.2) is 5.43 Å². The first-order valence-electron chi connectivity index (χ1n) is 9.60. The van der Waals surface area contributed by atoms with E-state index in [1.54, 1.807) is 30.2 Å². The van der Waals surface area contributed by atoms with Crippen LogP contribution in [0.25, 0.3) is 11.0 Å². The van der Waals surface area contributed by atoms with Crippen LogP contribution in [0.5, 0.6) is 5.75 Å². The molecule has 1 aliphatic heterocycles. The molecule has 6 nitrogen and oxygen atoms in total. The Morgan fingerprint density at radius 3 is 2.52 bits per heavy atom. The molecule has 4 rings (SSSR count). The average Bonchev–Trinajstić information content (AvgIpc) is 2.99. The molecule has 29 heavy (non-hydrogen) atoms. The number of aliphatic hydroxyl groups is 1. The van der Waals surface area contributed by atoms with Gasteiger partial charge in [0.25, 0.3) is 5.91 Å². The van der Waals surface area contributed by atoms with Crippen molar-refractivity contribution < 1.29 is 19.1 Å². The van der Waals surface area contributed by atoms with E-state index >= 15 is 0 Å². The second-order valence-electron chi connectivity index (χ2n) is 7.38. The molecule has 0 aliphatic carbocycles. The fourth-order valence-electron chi connectivity index (χ4n) is 4.08. The van der Waals surface area contributed by atoms with Crippen molar-refractivity contribution in [1.29, 1.82) is 0 Å². The number of carbonyl (C=O) groups is 1. The fraction of sp³-hybridized carbons (Fsp3) is 0.304. The molecule has 0 fully saturated rings. The van der Waals surface area contributed by atoms with Crippen molar-refractivity contribution in [3.05, 3.63) is 74.6 Å². The topological polar surface area (TPSA) is 80.0 Å². The molecule has 3 aromatic rings. The van der Waals surface area contributed by atoms with Crippen LogP contribution in [0.2, 0.25) is 0 Å². The highest BCUT2D eigenvalue weighted by molar-refractivity contribution is 5.99. The molecule has 0 bridgehead atoms. The van der Waals surface area contributed by atoms with Gasteiger partial charge in [-0.15, -0.1) is 0 Å². The van der Waals surface area contributed by atoms with E-state index in [9.17, 15) is 14.7 Å². The van der Waals surface area contributed by atoms with Crippen molar-refractivity contribution in [2.45, 2.75) is 26.3 Å². The second kappa shape index (κ2) is 7.37. The quantitative estimate of drug-likeness (QED) is 0.719. The van der Waals surface area contributed by atoms with E-state index in [0.29, 0.717) is 35.2 Å². The molecule has 0 saturated carbocycles. The van der Waals surface area contributed by atoms with Gasteiger partial charge in [0, 0.05) is 13.2 Å². The van der Waals surface area contributed by atoms with Crippen LogP contribution < -0.4 is 10.2 Å². The Bertz CT molecular complexity index is 1150. The molecule has 1 N–H and O–H groups in total. The summed E-state index contributed by atoms with van der Waals surface area (Å²) >= 11 is 0. The number of carbonyl (C=O) groups excluding carboxylic acids is 1. The van der Waals surface area contributed by atoms with Gasteiger partial charge in [-0.1, -0.05) is 18.2 Å². The predicted molar refractivity (Wildman–Crippen MR) is 110 cm³/mol. The summed E-state index contributed by atoms with van der Waals surface area (Å²) < 4.78 is 11.2. The third-order valence-electron chi connectivity index (χ3n) is 5.39. The summed E-state index contributed by atoms with van der Waals surface area (Å²) in [6.45, 7) is 4.08. The maximum absolute atomic E-state index is 13.5. The minimum atomic E-state index is -0.559. The molecule has 0 spiro atoms. The molecule has 1 aromatic heterocycles. The van der Waals surface area contributed by atoms with E-state index < -0.39 is 6.04 Å².